The molecule has 2 rings (SSSR count). The Kier molecular flexibility index (Phi) is 6.00. The summed E-state index contributed by atoms with van der Waals surface area (Å²) in [5.74, 6) is 0.100. The molecule has 0 aliphatic carbocycles. The third kappa shape index (κ3) is 4.73. The maximum absolute atomic E-state index is 12.6. The van der Waals surface area contributed by atoms with Crippen molar-refractivity contribution in [2.45, 2.75) is 19.9 Å². The van der Waals surface area contributed by atoms with Crippen molar-refractivity contribution < 1.29 is 19.1 Å². The first-order valence-electron chi connectivity index (χ1n) is 7.88. The van der Waals surface area contributed by atoms with Gasteiger partial charge in [0.1, 0.15) is 11.5 Å². The molecule has 0 bridgehead atoms. The van der Waals surface area contributed by atoms with Crippen molar-refractivity contribution in [3.8, 4) is 11.5 Å². The summed E-state index contributed by atoms with van der Waals surface area (Å²) in [7, 11) is 1.59. The number of para-hydroxylation sites is 1. The van der Waals surface area contributed by atoms with Crippen LogP contribution in [0.5, 0.6) is 11.5 Å². The molecule has 0 fully saturated rings. The van der Waals surface area contributed by atoms with E-state index in [1.165, 1.54) is 0 Å². The van der Waals surface area contributed by atoms with Gasteiger partial charge in [-0.3, -0.25) is 9.59 Å². The van der Waals surface area contributed by atoms with Crippen LogP contribution in [0.15, 0.2) is 42.5 Å². The molecule has 1 atom stereocenters. The van der Waals surface area contributed by atoms with Gasteiger partial charge in [-0.15, -0.1) is 0 Å². The molecule has 0 saturated heterocycles. The summed E-state index contributed by atoms with van der Waals surface area (Å²) in [4.78, 5) is 23.5. The first-order valence-corrected chi connectivity index (χ1v) is 7.88. The zero-order chi connectivity index (χ0) is 18.4. The second-order valence-corrected chi connectivity index (χ2v) is 5.69. The van der Waals surface area contributed by atoms with Crippen molar-refractivity contribution >= 4 is 11.8 Å². The Hall–Kier alpha value is -3.02. The van der Waals surface area contributed by atoms with E-state index < -0.39 is 5.91 Å². The average Bonchev–Trinajstić information content (AvgIpc) is 2.60. The fraction of sp³-hybridized carbons (Fsp3) is 0.263. The molecule has 0 aliphatic rings. The normalized spacial score (nSPS) is 11.5. The molecule has 0 aliphatic heterocycles. The highest BCUT2D eigenvalue weighted by Gasteiger charge is 2.18. The van der Waals surface area contributed by atoms with Crippen LogP contribution in [0.2, 0.25) is 0 Å². The van der Waals surface area contributed by atoms with E-state index in [1.54, 1.807) is 31.4 Å². The van der Waals surface area contributed by atoms with E-state index in [2.05, 4.69) is 5.32 Å². The monoisotopic (exact) mass is 342 g/mol. The Balaban J connectivity index is 2.20. The van der Waals surface area contributed by atoms with Crippen molar-refractivity contribution in [2.24, 2.45) is 5.73 Å². The number of carbonyl (C=O) groups excluding carboxylic acids is 2. The van der Waals surface area contributed by atoms with Crippen molar-refractivity contribution in [3.63, 3.8) is 0 Å². The van der Waals surface area contributed by atoms with E-state index in [0.29, 0.717) is 17.1 Å². The van der Waals surface area contributed by atoms with E-state index in [9.17, 15) is 9.59 Å². The van der Waals surface area contributed by atoms with Crippen molar-refractivity contribution in [3.05, 3.63) is 59.2 Å². The Labute approximate surface area is 146 Å². The van der Waals surface area contributed by atoms with Crippen molar-refractivity contribution in [2.75, 3.05) is 13.7 Å². The standard InChI is InChI=1S/C19H22N2O4/c1-12-8-9-16(24-3)15(10-12)13(2)21-19(23)14-6-4-5-7-17(14)25-11-18(20)22/h4-10,13H,11H2,1-3H3,(H2,20,22)(H,21,23). The molecule has 25 heavy (non-hydrogen) atoms. The topological polar surface area (TPSA) is 90.7 Å². The molecular formula is C19H22N2O4. The average molecular weight is 342 g/mol. The lowest BCUT2D eigenvalue weighted by atomic mass is 10.0. The molecule has 6 nitrogen and oxygen atoms in total. The van der Waals surface area contributed by atoms with Gasteiger partial charge in [-0.25, -0.2) is 0 Å². The number of benzene rings is 2. The molecule has 6 heteroatoms. The molecule has 3 N–H and O–H groups in total. The predicted molar refractivity (Wildman–Crippen MR) is 94.7 cm³/mol. The molecule has 0 spiro atoms. The van der Waals surface area contributed by atoms with Crippen LogP contribution in [0.25, 0.3) is 0 Å². The maximum Gasteiger partial charge on any atom is 0.255 e. The van der Waals surface area contributed by atoms with E-state index in [-0.39, 0.29) is 18.6 Å². The quantitative estimate of drug-likeness (QED) is 0.808. The first kappa shape index (κ1) is 18.3. The van der Waals surface area contributed by atoms with Gasteiger partial charge in [0.2, 0.25) is 0 Å². The van der Waals surface area contributed by atoms with E-state index in [0.717, 1.165) is 11.1 Å². The van der Waals surface area contributed by atoms with Crippen LogP contribution in [0.1, 0.15) is 34.5 Å². The highest BCUT2D eigenvalue weighted by Crippen LogP contribution is 2.27. The highest BCUT2D eigenvalue weighted by atomic mass is 16.5. The first-order chi connectivity index (χ1) is 11.9. The Morgan fingerprint density at radius 2 is 1.88 bits per heavy atom. The molecule has 0 heterocycles. The van der Waals surface area contributed by atoms with E-state index >= 15 is 0 Å². The van der Waals surface area contributed by atoms with Crippen LogP contribution >= 0.6 is 0 Å². The number of nitrogens with two attached hydrogens (primary N) is 1. The van der Waals surface area contributed by atoms with Crippen LogP contribution < -0.4 is 20.5 Å². The van der Waals surface area contributed by atoms with Crippen molar-refractivity contribution in [1.29, 1.82) is 0 Å². The summed E-state index contributed by atoms with van der Waals surface area (Å²) in [5, 5.41) is 2.93. The van der Waals surface area contributed by atoms with Gasteiger partial charge in [-0.1, -0.05) is 29.8 Å². The van der Waals surface area contributed by atoms with Gasteiger partial charge in [0.05, 0.1) is 18.7 Å². The summed E-state index contributed by atoms with van der Waals surface area (Å²) in [6.07, 6.45) is 0. The number of hydrogen-bond donors (Lipinski definition) is 2. The lowest BCUT2D eigenvalue weighted by Gasteiger charge is -2.19. The maximum atomic E-state index is 12.6. The van der Waals surface area contributed by atoms with Gasteiger partial charge in [-0.05, 0) is 32.0 Å². The molecule has 1 unspecified atom stereocenters. The summed E-state index contributed by atoms with van der Waals surface area (Å²) < 4.78 is 10.7. The molecule has 132 valence electrons. The number of hydrogen-bond acceptors (Lipinski definition) is 4. The second kappa shape index (κ2) is 8.19. The minimum absolute atomic E-state index is 0.272. The summed E-state index contributed by atoms with van der Waals surface area (Å²) in [5.41, 5.74) is 7.38. The molecule has 0 aromatic heterocycles. The van der Waals surface area contributed by atoms with Crippen LogP contribution in [0.4, 0.5) is 0 Å². The smallest absolute Gasteiger partial charge is 0.255 e. The predicted octanol–water partition coefficient (Wildman–Crippen LogP) is 2.36. The minimum Gasteiger partial charge on any atom is -0.496 e. The lowest BCUT2D eigenvalue weighted by molar-refractivity contribution is -0.119. The third-order valence-corrected chi connectivity index (χ3v) is 3.70. The fourth-order valence-corrected chi connectivity index (χ4v) is 2.47. The van der Waals surface area contributed by atoms with Gasteiger partial charge in [0.15, 0.2) is 6.61 Å². The molecule has 0 radical (unpaired) electrons. The van der Waals surface area contributed by atoms with Gasteiger partial charge in [-0.2, -0.15) is 0 Å². The third-order valence-electron chi connectivity index (χ3n) is 3.70. The lowest BCUT2D eigenvalue weighted by Crippen LogP contribution is -2.28. The number of rotatable bonds is 7. The molecule has 2 aromatic rings. The Morgan fingerprint density at radius 3 is 2.56 bits per heavy atom. The number of methoxy groups -OCH3 is 1. The molecule has 2 amide bonds. The van der Waals surface area contributed by atoms with Crippen LogP contribution in [-0.2, 0) is 4.79 Å². The van der Waals surface area contributed by atoms with Crippen LogP contribution in [0.3, 0.4) is 0 Å². The summed E-state index contributed by atoms with van der Waals surface area (Å²) in [6, 6.07) is 12.2. The summed E-state index contributed by atoms with van der Waals surface area (Å²) >= 11 is 0. The number of aryl methyl sites for hydroxylation is 1. The number of ether oxygens (including phenoxy) is 2. The largest absolute Gasteiger partial charge is 0.496 e. The van der Waals surface area contributed by atoms with Gasteiger partial charge >= 0.3 is 0 Å². The van der Waals surface area contributed by atoms with Crippen LogP contribution in [-0.4, -0.2) is 25.5 Å². The molecular weight excluding hydrogens is 320 g/mol. The zero-order valence-corrected chi connectivity index (χ0v) is 14.5. The Bertz CT molecular complexity index is 774. The van der Waals surface area contributed by atoms with Gasteiger partial charge in [0, 0.05) is 5.56 Å². The SMILES string of the molecule is COc1ccc(C)cc1C(C)NC(=O)c1ccccc1OCC(N)=O. The van der Waals surface area contributed by atoms with E-state index in [1.807, 2.05) is 32.0 Å². The number of nitrogens with one attached hydrogen (secondary N) is 1. The number of primary amides is 1. The summed E-state index contributed by atoms with van der Waals surface area (Å²) in [6.45, 7) is 3.57. The van der Waals surface area contributed by atoms with Crippen LogP contribution in [0, 0.1) is 6.92 Å². The van der Waals surface area contributed by atoms with Crippen molar-refractivity contribution in [1.82, 2.24) is 5.32 Å². The second-order valence-electron chi connectivity index (χ2n) is 5.69. The Morgan fingerprint density at radius 1 is 1.16 bits per heavy atom. The molecule has 2 aromatic carbocycles. The zero-order valence-electron chi connectivity index (χ0n) is 14.5. The molecule has 0 saturated carbocycles. The highest BCUT2D eigenvalue weighted by molar-refractivity contribution is 5.97. The minimum atomic E-state index is -0.604. The van der Waals surface area contributed by atoms with Gasteiger partial charge < -0.3 is 20.5 Å². The fourth-order valence-electron chi connectivity index (χ4n) is 2.47. The van der Waals surface area contributed by atoms with Gasteiger partial charge in [0.25, 0.3) is 11.8 Å². The number of carbonyl (C=O) groups is 2. The van der Waals surface area contributed by atoms with E-state index in [4.69, 9.17) is 15.2 Å². The number of amides is 2.